The van der Waals surface area contributed by atoms with Crippen molar-refractivity contribution in [1.82, 2.24) is 10.2 Å². The summed E-state index contributed by atoms with van der Waals surface area (Å²) in [6, 6.07) is 25.2. The highest BCUT2D eigenvalue weighted by Gasteiger charge is 2.73. The Labute approximate surface area is 212 Å². The van der Waals surface area contributed by atoms with Gasteiger partial charge in [-0.2, -0.15) is 0 Å². The first-order valence-corrected chi connectivity index (χ1v) is 12.9. The fraction of sp³-hybridized carbons (Fsp3) is 0.250. The molecule has 2 aliphatic rings. The van der Waals surface area contributed by atoms with Crippen molar-refractivity contribution < 1.29 is 23.7 Å². The molecule has 0 radical (unpaired) electrons. The van der Waals surface area contributed by atoms with Crippen molar-refractivity contribution in [1.29, 1.82) is 0 Å². The van der Waals surface area contributed by atoms with Crippen LogP contribution in [0.2, 0.25) is 0 Å². The number of amides is 2. The molecule has 7 nitrogen and oxygen atoms in total. The van der Waals surface area contributed by atoms with Gasteiger partial charge < -0.3 is 14.6 Å². The molecule has 2 aliphatic heterocycles. The summed E-state index contributed by atoms with van der Waals surface area (Å²) in [6.45, 7) is 3.38. The van der Waals surface area contributed by atoms with E-state index in [0.29, 0.717) is 5.56 Å². The highest BCUT2D eigenvalue weighted by molar-refractivity contribution is 7.94. The van der Waals surface area contributed by atoms with E-state index in [1.165, 1.54) is 4.90 Å². The lowest BCUT2D eigenvalue weighted by molar-refractivity contribution is -0.166. The minimum atomic E-state index is -1.61. The Morgan fingerprint density at radius 2 is 1.42 bits per heavy atom. The number of nitrogens with zero attached hydrogens (tertiary/aromatic N) is 1. The molecule has 3 aromatic rings. The molecule has 0 aromatic heterocycles. The van der Waals surface area contributed by atoms with Crippen molar-refractivity contribution in [3.63, 3.8) is 0 Å². The highest BCUT2D eigenvalue weighted by Crippen LogP contribution is 2.47. The molecule has 3 aromatic carbocycles. The van der Waals surface area contributed by atoms with Crippen molar-refractivity contribution in [2.24, 2.45) is 0 Å². The van der Waals surface area contributed by atoms with Gasteiger partial charge in [0.25, 0.3) is 11.8 Å². The molecule has 2 fully saturated rings. The van der Waals surface area contributed by atoms with E-state index in [1.807, 2.05) is 60.7 Å². The van der Waals surface area contributed by atoms with Gasteiger partial charge in [-0.25, -0.2) is 4.79 Å². The Morgan fingerprint density at radius 1 is 0.917 bits per heavy atom. The quantitative estimate of drug-likeness (QED) is 0.317. The van der Waals surface area contributed by atoms with Gasteiger partial charge in [-0.15, -0.1) is 0 Å². The van der Waals surface area contributed by atoms with Crippen LogP contribution in [0, 0.1) is 0 Å². The summed E-state index contributed by atoms with van der Waals surface area (Å²) in [4.78, 5) is 40.7. The summed E-state index contributed by atoms with van der Waals surface area (Å²) in [5, 5.41) is 1.90. The zero-order valence-electron chi connectivity index (χ0n) is 19.9. The Morgan fingerprint density at radius 3 is 1.94 bits per heavy atom. The lowest BCUT2D eigenvalue weighted by Crippen LogP contribution is -2.72. The number of carbonyl (C=O) groups is 3. The number of hydrogen-bond acceptors (Lipinski definition) is 5. The zero-order valence-corrected chi connectivity index (χ0v) is 20.7. The number of esters is 1. The molecule has 2 saturated heterocycles. The number of fused-ring (bicyclic) bond motifs is 1. The molecule has 36 heavy (non-hydrogen) atoms. The summed E-state index contributed by atoms with van der Waals surface area (Å²) in [5.41, 5.74) is 1.97. The molecule has 2 amide bonds. The molecule has 0 aliphatic carbocycles. The molecular formula is C28H26N2O5S. The number of ether oxygens (including phenoxy) is 1. The van der Waals surface area contributed by atoms with Crippen molar-refractivity contribution in [2.45, 2.75) is 42.2 Å². The van der Waals surface area contributed by atoms with E-state index in [4.69, 9.17) is 4.74 Å². The highest BCUT2D eigenvalue weighted by atomic mass is 32.2. The third-order valence-electron chi connectivity index (χ3n) is 6.74. The second-order valence-electron chi connectivity index (χ2n) is 9.39. The zero-order chi connectivity index (χ0) is 25.4. The van der Waals surface area contributed by atoms with Crippen LogP contribution in [0.15, 0.2) is 91.0 Å². The number of rotatable bonds is 6. The van der Waals surface area contributed by atoms with Crippen LogP contribution in [0.1, 0.15) is 41.4 Å². The maximum Gasteiger partial charge on any atom is 0.335 e. The Kier molecular flexibility index (Phi) is 6.32. The normalized spacial score (nSPS) is 24.1. The van der Waals surface area contributed by atoms with Crippen LogP contribution < -0.4 is 5.32 Å². The fourth-order valence-corrected chi connectivity index (χ4v) is 6.77. The Balaban J connectivity index is 1.39. The summed E-state index contributed by atoms with van der Waals surface area (Å²) in [7, 11) is 0. The fourth-order valence-electron chi connectivity index (χ4n) is 4.85. The van der Waals surface area contributed by atoms with Crippen LogP contribution in [0.4, 0.5) is 0 Å². The second kappa shape index (κ2) is 9.44. The van der Waals surface area contributed by atoms with Crippen LogP contribution >= 0.6 is 0 Å². The van der Waals surface area contributed by atoms with Crippen LogP contribution in [-0.2, 0) is 25.5 Å². The van der Waals surface area contributed by atoms with E-state index in [2.05, 4.69) is 5.32 Å². The minimum Gasteiger partial charge on any atom is -0.614 e. The van der Waals surface area contributed by atoms with Crippen LogP contribution in [-0.4, -0.2) is 49.4 Å². The topological polar surface area (TPSA) is 98.8 Å². The Hall–Kier alpha value is -3.62. The summed E-state index contributed by atoms with van der Waals surface area (Å²) >= 11 is -1.61. The second-order valence-corrected chi connectivity index (χ2v) is 11.5. The minimum absolute atomic E-state index is 0.399. The molecule has 0 bridgehead atoms. The van der Waals surface area contributed by atoms with E-state index in [-0.39, 0.29) is 0 Å². The number of hydrogen-bond donors (Lipinski definition) is 1. The first kappa shape index (κ1) is 24.1. The van der Waals surface area contributed by atoms with Gasteiger partial charge in [0, 0.05) is 5.56 Å². The van der Waals surface area contributed by atoms with Crippen molar-refractivity contribution in [2.75, 3.05) is 0 Å². The SMILES string of the molecule is CC1(C)[C@H](C(=O)OC(c2ccccc2)c2ccccc2)N2C(=O)[C@@H](NC(=O)c3ccccc3)[C@H]2[S@@+]1[O-]. The third kappa shape index (κ3) is 4.06. The van der Waals surface area contributed by atoms with Gasteiger partial charge in [0.2, 0.25) is 5.37 Å². The smallest absolute Gasteiger partial charge is 0.335 e. The standard InChI is InChI=1S/C28H26N2O5S/c1-28(2)23(27(33)35-22(18-12-6-3-7-13-18)19-14-8-4-9-15-19)30-25(32)21(26(30)36(28)34)29-24(31)20-16-10-5-11-17-20/h3-17,21-23,26H,1-2H3,(H,29,31)/t21-,23+,26-,36-/m1/s1. The first-order valence-electron chi connectivity index (χ1n) is 11.7. The third-order valence-corrected chi connectivity index (χ3v) is 8.94. The molecule has 2 heterocycles. The number of carbonyl (C=O) groups excluding carboxylic acids is 3. The van der Waals surface area contributed by atoms with Gasteiger partial charge in [0.15, 0.2) is 22.9 Å². The van der Waals surface area contributed by atoms with Gasteiger partial charge >= 0.3 is 5.97 Å². The van der Waals surface area contributed by atoms with E-state index >= 15 is 0 Å². The molecule has 0 saturated carbocycles. The monoisotopic (exact) mass is 502 g/mol. The number of β-lactam (4-membered cyclic amide) rings is 1. The van der Waals surface area contributed by atoms with Crippen LogP contribution in [0.25, 0.3) is 0 Å². The predicted molar refractivity (Wildman–Crippen MR) is 135 cm³/mol. The maximum absolute atomic E-state index is 13.6. The van der Waals surface area contributed by atoms with Gasteiger partial charge in [-0.05, 0) is 48.3 Å². The van der Waals surface area contributed by atoms with Gasteiger partial charge in [0.05, 0.1) is 0 Å². The van der Waals surface area contributed by atoms with E-state index in [1.54, 1.807) is 44.2 Å². The summed E-state index contributed by atoms with van der Waals surface area (Å²) < 4.78 is 18.4. The number of nitrogens with one attached hydrogen (secondary N) is 1. The van der Waals surface area contributed by atoms with E-state index in [0.717, 1.165) is 11.1 Å². The molecule has 184 valence electrons. The van der Waals surface area contributed by atoms with Crippen molar-refractivity contribution >= 4 is 29.0 Å². The predicted octanol–water partition coefficient (Wildman–Crippen LogP) is 3.20. The maximum atomic E-state index is 13.6. The van der Waals surface area contributed by atoms with Crippen molar-refractivity contribution in [3.05, 3.63) is 108 Å². The average Bonchev–Trinajstić information content (AvgIpc) is 3.10. The molecule has 5 rings (SSSR count). The molecule has 4 atom stereocenters. The molecule has 0 unspecified atom stereocenters. The largest absolute Gasteiger partial charge is 0.614 e. The average molecular weight is 503 g/mol. The van der Waals surface area contributed by atoms with E-state index < -0.39 is 57.3 Å². The molecule has 0 spiro atoms. The number of benzene rings is 3. The van der Waals surface area contributed by atoms with Gasteiger partial charge in [0.1, 0.15) is 0 Å². The molecular weight excluding hydrogens is 476 g/mol. The molecule has 1 N–H and O–H groups in total. The lowest BCUT2D eigenvalue weighted by atomic mass is 9.95. The van der Waals surface area contributed by atoms with Gasteiger partial charge in [-0.3, -0.25) is 14.5 Å². The van der Waals surface area contributed by atoms with Crippen LogP contribution in [0.3, 0.4) is 0 Å². The van der Waals surface area contributed by atoms with E-state index in [9.17, 15) is 18.9 Å². The lowest BCUT2D eigenvalue weighted by Gasteiger charge is -2.41. The van der Waals surface area contributed by atoms with Crippen molar-refractivity contribution in [3.8, 4) is 0 Å². The Bertz CT molecular complexity index is 1230. The van der Waals surface area contributed by atoms with Gasteiger partial charge in [-0.1, -0.05) is 78.9 Å². The first-order chi connectivity index (χ1) is 17.3. The molecule has 8 heteroatoms. The van der Waals surface area contributed by atoms with Crippen LogP contribution in [0.5, 0.6) is 0 Å². The summed E-state index contributed by atoms with van der Waals surface area (Å²) in [5.74, 6) is -1.50. The summed E-state index contributed by atoms with van der Waals surface area (Å²) in [6.07, 6.45) is -0.687.